The van der Waals surface area contributed by atoms with Gasteiger partial charge in [0.1, 0.15) is 5.82 Å². The van der Waals surface area contributed by atoms with Crippen LogP contribution in [-0.4, -0.2) is 28.4 Å². The molecule has 3 rings (SSSR count). The molecule has 0 fully saturated rings. The SMILES string of the molecule is CC(=N)C(C(C)=Nc1ccccc1)c1scc(NC(=O)c2cccc(F)c2)c1C(=O)O. The monoisotopic (exact) mass is 437 g/mol. The Morgan fingerprint density at radius 1 is 1.13 bits per heavy atom. The molecule has 8 heteroatoms. The van der Waals surface area contributed by atoms with Crippen molar-refractivity contribution in [1.29, 1.82) is 5.41 Å². The molecule has 31 heavy (non-hydrogen) atoms. The van der Waals surface area contributed by atoms with Crippen LogP contribution in [0.4, 0.5) is 15.8 Å². The second-order valence-corrected chi connectivity index (χ2v) is 7.77. The van der Waals surface area contributed by atoms with Crippen LogP contribution in [-0.2, 0) is 0 Å². The molecular weight excluding hydrogens is 417 g/mol. The number of nitrogens with one attached hydrogen (secondary N) is 2. The van der Waals surface area contributed by atoms with Crippen molar-refractivity contribution in [2.75, 3.05) is 5.32 Å². The Morgan fingerprint density at radius 3 is 2.45 bits per heavy atom. The zero-order valence-electron chi connectivity index (χ0n) is 16.8. The van der Waals surface area contributed by atoms with Gasteiger partial charge in [-0.05, 0) is 44.2 Å². The van der Waals surface area contributed by atoms with Crippen LogP contribution in [0.15, 0.2) is 65.0 Å². The summed E-state index contributed by atoms with van der Waals surface area (Å²) in [4.78, 5) is 29.5. The first-order valence-corrected chi connectivity index (χ1v) is 10.2. The van der Waals surface area contributed by atoms with Crippen LogP contribution in [0.5, 0.6) is 0 Å². The second-order valence-electron chi connectivity index (χ2n) is 6.86. The molecule has 0 aliphatic rings. The summed E-state index contributed by atoms with van der Waals surface area (Å²) in [5.74, 6) is -3.07. The smallest absolute Gasteiger partial charge is 0.338 e. The first kappa shape index (κ1) is 22.0. The number of amides is 1. The average Bonchev–Trinajstić information content (AvgIpc) is 3.11. The maximum atomic E-state index is 13.4. The maximum absolute atomic E-state index is 13.4. The number of aromatic carboxylic acids is 1. The van der Waals surface area contributed by atoms with E-state index in [1.807, 2.05) is 30.3 Å². The van der Waals surface area contributed by atoms with Crippen molar-refractivity contribution in [3.8, 4) is 0 Å². The van der Waals surface area contributed by atoms with Crippen molar-refractivity contribution in [2.45, 2.75) is 19.8 Å². The third-order valence-electron chi connectivity index (χ3n) is 4.54. The van der Waals surface area contributed by atoms with Crippen LogP contribution in [0.2, 0.25) is 0 Å². The Morgan fingerprint density at radius 2 is 1.84 bits per heavy atom. The molecule has 6 nitrogen and oxygen atoms in total. The highest BCUT2D eigenvalue weighted by Gasteiger charge is 2.29. The molecule has 0 bridgehead atoms. The van der Waals surface area contributed by atoms with Gasteiger partial charge in [0.25, 0.3) is 5.91 Å². The third kappa shape index (κ3) is 5.10. The summed E-state index contributed by atoms with van der Waals surface area (Å²) in [5, 5.41) is 22.2. The Kier molecular flexibility index (Phi) is 6.71. The summed E-state index contributed by atoms with van der Waals surface area (Å²) in [6.45, 7) is 3.33. The zero-order chi connectivity index (χ0) is 22.5. The highest BCUT2D eigenvalue weighted by Crippen LogP contribution is 2.36. The number of carboxylic acids is 1. The fraction of sp³-hybridized carbons (Fsp3) is 0.130. The van der Waals surface area contributed by atoms with Crippen molar-refractivity contribution >= 4 is 46.0 Å². The molecule has 0 saturated carbocycles. The quantitative estimate of drug-likeness (QED) is 0.410. The van der Waals surface area contributed by atoms with Crippen molar-refractivity contribution in [1.82, 2.24) is 0 Å². The summed E-state index contributed by atoms with van der Waals surface area (Å²) in [6.07, 6.45) is 0. The van der Waals surface area contributed by atoms with E-state index >= 15 is 0 Å². The molecule has 1 atom stereocenters. The molecule has 0 aliphatic carbocycles. The van der Waals surface area contributed by atoms with E-state index in [1.54, 1.807) is 13.8 Å². The van der Waals surface area contributed by atoms with Gasteiger partial charge in [-0.1, -0.05) is 24.3 Å². The van der Waals surface area contributed by atoms with Crippen molar-refractivity contribution in [2.24, 2.45) is 4.99 Å². The number of carbonyl (C=O) groups excluding carboxylic acids is 1. The zero-order valence-corrected chi connectivity index (χ0v) is 17.7. The van der Waals surface area contributed by atoms with Crippen LogP contribution in [0.25, 0.3) is 0 Å². The lowest BCUT2D eigenvalue weighted by molar-refractivity contribution is 0.0697. The first-order valence-electron chi connectivity index (χ1n) is 9.34. The van der Waals surface area contributed by atoms with Crippen LogP contribution in [0.1, 0.15) is 45.4 Å². The minimum atomic E-state index is -1.23. The second kappa shape index (κ2) is 9.44. The van der Waals surface area contributed by atoms with Crippen LogP contribution >= 0.6 is 11.3 Å². The predicted octanol–water partition coefficient (Wildman–Crippen LogP) is 5.75. The van der Waals surface area contributed by atoms with E-state index in [4.69, 9.17) is 5.41 Å². The standard InChI is InChI=1S/C23H20FN3O3S/c1-13(25)19(14(2)26-17-9-4-3-5-10-17)21-20(23(29)30)18(12-31-21)27-22(28)15-7-6-8-16(24)11-15/h3-12,19,25H,1-2H3,(H,27,28)(H,29,30). The highest BCUT2D eigenvalue weighted by atomic mass is 32.1. The van der Waals surface area contributed by atoms with Gasteiger partial charge in [-0.2, -0.15) is 0 Å². The summed E-state index contributed by atoms with van der Waals surface area (Å²) in [6, 6.07) is 14.3. The molecule has 1 heterocycles. The topological polar surface area (TPSA) is 103 Å². The van der Waals surface area contributed by atoms with E-state index in [9.17, 15) is 19.1 Å². The average molecular weight is 437 g/mol. The fourth-order valence-electron chi connectivity index (χ4n) is 3.19. The number of carboxylic acid groups (broad SMARTS) is 1. The number of aliphatic imine (C=N–C) groups is 1. The number of halogens is 1. The van der Waals surface area contributed by atoms with E-state index in [0.717, 1.165) is 17.4 Å². The van der Waals surface area contributed by atoms with E-state index in [0.29, 0.717) is 16.3 Å². The Bertz CT molecular complexity index is 1170. The summed E-state index contributed by atoms with van der Waals surface area (Å²) < 4.78 is 13.4. The lowest BCUT2D eigenvalue weighted by Gasteiger charge is -2.16. The van der Waals surface area contributed by atoms with Gasteiger partial charge >= 0.3 is 5.97 Å². The molecule has 2 aromatic carbocycles. The fourth-order valence-corrected chi connectivity index (χ4v) is 4.41. The maximum Gasteiger partial charge on any atom is 0.338 e. The summed E-state index contributed by atoms with van der Waals surface area (Å²) >= 11 is 1.13. The van der Waals surface area contributed by atoms with Gasteiger partial charge < -0.3 is 15.8 Å². The van der Waals surface area contributed by atoms with Crippen molar-refractivity contribution < 1.29 is 19.1 Å². The van der Waals surface area contributed by atoms with Crippen molar-refractivity contribution in [3.63, 3.8) is 0 Å². The molecule has 0 saturated heterocycles. The lowest BCUT2D eigenvalue weighted by Crippen LogP contribution is -2.20. The molecule has 0 radical (unpaired) electrons. The first-order chi connectivity index (χ1) is 14.8. The van der Waals surface area contributed by atoms with Gasteiger partial charge in [-0.15, -0.1) is 11.3 Å². The molecule has 1 unspecified atom stereocenters. The number of benzene rings is 2. The summed E-state index contributed by atoms with van der Waals surface area (Å²) in [7, 11) is 0. The highest BCUT2D eigenvalue weighted by molar-refractivity contribution is 7.11. The Labute approximate surface area is 182 Å². The number of hydrogen-bond acceptors (Lipinski definition) is 5. The number of anilines is 1. The Balaban J connectivity index is 1.99. The van der Waals surface area contributed by atoms with Crippen LogP contribution in [0.3, 0.4) is 0 Å². The van der Waals surface area contributed by atoms with Gasteiger partial charge in [0.15, 0.2) is 0 Å². The van der Waals surface area contributed by atoms with E-state index < -0.39 is 23.6 Å². The molecule has 1 aromatic heterocycles. The molecule has 3 aromatic rings. The molecule has 0 spiro atoms. The molecule has 3 N–H and O–H groups in total. The van der Waals surface area contributed by atoms with Crippen LogP contribution < -0.4 is 5.32 Å². The lowest BCUT2D eigenvalue weighted by atomic mass is 9.94. The molecule has 1 amide bonds. The predicted molar refractivity (Wildman–Crippen MR) is 121 cm³/mol. The normalized spacial score (nSPS) is 12.3. The van der Waals surface area contributed by atoms with Gasteiger partial charge in [0, 0.05) is 27.2 Å². The number of rotatable bonds is 7. The van der Waals surface area contributed by atoms with Gasteiger partial charge in [0.2, 0.25) is 0 Å². The van der Waals surface area contributed by atoms with Gasteiger partial charge in [-0.25, -0.2) is 9.18 Å². The van der Waals surface area contributed by atoms with Gasteiger partial charge in [-0.3, -0.25) is 9.79 Å². The van der Waals surface area contributed by atoms with E-state index in [2.05, 4.69) is 10.3 Å². The number of nitrogens with zero attached hydrogens (tertiary/aromatic N) is 1. The van der Waals surface area contributed by atoms with Gasteiger partial charge in [0.05, 0.1) is 22.9 Å². The largest absolute Gasteiger partial charge is 0.478 e. The number of carbonyl (C=O) groups is 2. The Hall–Kier alpha value is -3.65. The van der Waals surface area contributed by atoms with Crippen molar-refractivity contribution in [3.05, 3.63) is 81.8 Å². The van der Waals surface area contributed by atoms with Crippen LogP contribution in [0, 0.1) is 11.2 Å². The number of thiophene rings is 1. The number of para-hydroxylation sites is 1. The minimum Gasteiger partial charge on any atom is -0.478 e. The molecular formula is C23H20FN3O3S. The minimum absolute atomic E-state index is 0.0747. The third-order valence-corrected chi connectivity index (χ3v) is 5.59. The number of hydrogen-bond donors (Lipinski definition) is 3. The van der Waals surface area contributed by atoms with E-state index in [-0.39, 0.29) is 22.5 Å². The van der Waals surface area contributed by atoms with E-state index in [1.165, 1.54) is 23.6 Å². The molecule has 158 valence electrons. The molecule has 0 aliphatic heterocycles. The summed E-state index contributed by atoms with van der Waals surface area (Å²) in [5.41, 5.74) is 1.55.